The lowest BCUT2D eigenvalue weighted by Gasteiger charge is -2.16. The van der Waals surface area contributed by atoms with Crippen LogP contribution in [0.5, 0.6) is 0 Å². The van der Waals surface area contributed by atoms with Crippen molar-refractivity contribution in [3.63, 3.8) is 0 Å². The van der Waals surface area contributed by atoms with E-state index in [1.165, 1.54) is 11.8 Å². The highest BCUT2D eigenvalue weighted by Gasteiger charge is 2.29. The molecular weight excluding hydrogens is 634 g/mol. The molecule has 3 aromatic carbocycles. The molecule has 6 nitrogen and oxygen atoms in total. The number of anilines is 2. The van der Waals surface area contributed by atoms with Crippen molar-refractivity contribution in [2.75, 3.05) is 10.6 Å². The molecule has 36 heavy (non-hydrogen) atoms. The third-order valence-electron chi connectivity index (χ3n) is 4.85. The fourth-order valence-corrected chi connectivity index (χ4v) is 5.43. The summed E-state index contributed by atoms with van der Waals surface area (Å²) in [5, 5.41) is 13.5. The number of rotatable bonds is 8. The molecular formula is C24H17BrCl4N2O4S. The summed E-state index contributed by atoms with van der Waals surface area (Å²) in [4.78, 5) is 38.3. The number of hydrogen-bond acceptors (Lipinski definition) is 4. The van der Waals surface area contributed by atoms with Crippen molar-refractivity contribution >= 4 is 103 Å². The molecule has 0 heterocycles. The highest BCUT2D eigenvalue weighted by Crippen LogP contribution is 2.42. The van der Waals surface area contributed by atoms with E-state index in [2.05, 4.69) is 26.6 Å². The van der Waals surface area contributed by atoms with Crippen molar-refractivity contribution in [1.29, 1.82) is 0 Å². The van der Waals surface area contributed by atoms with Gasteiger partial charge in [0, 0.05) is 20.7 Å². The van der Waals surface area contributed by atoms with Crippen LogP contribution in [0.25, 0.3) is 0 Å². The summed E-state index contributed by atoms with van der Waals surface area (Å²) >= 11 is 28.9. The first-order valence-electron chi connectivity index (χ1n) is 10.3. The highest BCUT2D eigenvalue weighted by molar-refractivity contribution is 9.10. The van der Waals surface area contributed by atoms with Crippen LogP contribution in [-0.4, -0.2) is 28.1 Å². The minimum Gasteiger partial charge on any atom is -0.478 e. The van der Waals surface area contributed by atoms with Gasteiger partial charge < -0.3 is 15.7 Å². The molecule has 0 fully saturated rings. The molecule has 1 atom stereocenters. The molecule has 12 heteroatoms. The topological polar surface area (TPSA) is 95.5 Å². The second kappa shape index (κ2) is 12.5. The normalized spacial score (nSPS) is 11.6. The molecule has 0 spiro atoms. The van der Waals surface area contributed by atoms with Gasteiger partial charge in [-0.3, -0.25) is 9.59 Å². The van der Waals surface area contributed by atoms with Crippen LogP contribution in [0.2, 0.25) is 20.1 Å². The van der Waals surface area contributed by atoms with Gasteiger partial charge in [-0.25, -0.2) is 4.79 Å². The molecule has 1 unspecified atom stereocenters. The summed E-state index contributed by atoms with van der Waals surface area (Å²) in [7, 11) is 0. The standard InChI is InChI=1S/C24H17BrCl4N2O4S/c1-2-15(22(32)30-12-8-6-11(25)7-9-12)36-14-5-3-4-13(10-14)31-23(33)16-17(24(34)35)19(27)21(29)20(28)18(16)26/h3-10,15H,2H2,1H3,(H,30,32)(H,31,33)(H,34,35). The quantitative estimate of drug-likeness (QED) is 0.129. The monoisotopic (exact) mass is 648 g/mol. The van der Waals surface area contributed by atoms with Gasteiger partial charge in [0.1, 0.15) is 0 Å². The number of halogens is 5. The first-order valence-corrected chi connectivity index (χ1v) is 13.5. The van der Waals surface area contributed by atoms with Crippen molar-refractivity contribution in [3.8, 4) is 0 Å². The largest absolute Gasteiger partial charge is 0.478 e. The van der Waals surface area contributed by atoms with Crippen molar-refractivity contribution in [1.82, 2.24) is 0 Å². The predicted octanol–water partition coefficient (Wildman–Crippen LogP) is 8.52. The van der Waals surface area contributed by atoms with E-state index in [1.54, 1.807) is 36.4 Å². The molecule has 0 aliphatic rings. The van der Waals surface area contributed by atoms with E-state index in [1.807, 2.05) is 19.1 Å². The summed E-state index contributed by atoms with van der Waals surface area (Å²) < 4.78 is 0.903. The van der Waals surface area contributed by atoms with Crippen LogP contribution in [0.3, 0.4) is 0 Å². The first kappa shape index (κ1) is 28.6. The molecule has 0 aliphatic carbocycles. The van der Waals surface area contributed by atoms with Crippen LogP contribution in [0.4, 0.5) is 11.4 Å². The Kier molecular flexibility index (Phi) is 9.97. The van der Waals surface area contributed by atoms with Crippen LogP contribution in [-0.2, 0) is 4.79 Å². The molecule has 0 aliphatic heterocycles. The van der Waals surface area contributed by atoms with Gasteiger partial charge in [-0.2, -0.15) is 0 Å². The lowest BCUT2D eigenvalue weighted by atomic mass is 10.1. The van der Waals surface area contributed by atoms with Crippen LogP contribution in [0, 0.1) is 0 Å². The molecule has 2 amide bonds. The maximum atomic E-state index is 13.0. The number of amides is 2. The van der Waals surface area contributed by atoms with Gasteiger partial charge in [0.25, 0.3) is 5.91 Å². The number of carboxylic acid groups (broad SMARTS) is 1. The number of carboxylic acids is 1. The summed E-state index contributed by atoms with van der Waals surface area (Å²) in [6.07, 6.45) is 0.558. The Morgan fingerprint density at radius 3 is 2.08 bits per heavy atom. The molecule has 0 saturated carbocycles. The van der Waals surface area contributed by atoms with E-state index in [0.29, 0.717) is 22.7 Å². The van der Waals surface area contributed by atoms with Crippen molar-refractivity contribution in [2.45, 2.75) is 23.5 Å². The smallest absolute Gasteiger partial charge is 0.338 e. The maximum absolute atomic E-state index is 13.0. The van der Waals surface area contributed by atoms with E-state index in [9.17, 15) is 19.5 Å². The van der Waals surface area contributed by atoms with Crippen LogP contribution >= 0.6 is 74.1 Å². The summed E-state index contributed by atoms with van der Waals surface area (Å²) in [5.41, 5.74) is 0.0501. The zero-order chi connectivity index (χ0) is 26.6. The average Bonchev–Trinajstić information content (AvgIpc) is 2.84. The number of carbonyl (C=O) groups excluding carboxylic acids is 2. The zero-order valence-electron chi connectivity index (χ0n) is 18.4. The molecule has 0 saturated heterocycles. The van der Waals surface area contributed by atoms with E-state index >= 15 is 0 Å². The summed E-state index contributed by atoms with van der Waals surface area (Å²) in [6, 6.07) is 14.0. The molecule has 3 N–H and O–H groups in total. The summed E-state index contributed by atoms with van der Waals surface area (Å²) in [5.74, 6) is -2.49. The van der Waals surface area contributed by atoms with Gasteiger partial charge in [0.15, 0.2) is 0 Å². The van der Waals surface area contributed by atoms with Crippen molar-refractivity contribution in [3.05, 3.63) is 84.2 Å². The van der Waals surface area contributed by atoms with E-state index in [0.717, 1.165) is 4.47 Å². The minimum absolute atomic E-state index is 0.164. The number of aromatic carboxylic acids is 1. The Labute approximate surface area is 239 Å². The van der Waals surface area contributed by atoms with Crippen LogP contribution < -0.4 is 10.6 Å². The molecule has 3 aromatic rings. The molecule has 0 aromatic heterocycles. The van der Waals surface area contributed by atoms with E-state index < -0.39 is 33.3 Å². The maximum Gasteiger partial charge on any atom is 0.338 e. The average molecular weight is 651 g/mol. The Morgan fingerprint density at radius 2 is 1.50 bits per heavy atom. The fourth-order valence-electron chi connectivity index (χ4n) is 3.13. The summed E-state index contributed by atoms with van der Waals surface area (Å²) in [6.45, 7) is 1.90. The Hall–Kier alpha value is -1.94. The minimum atomic E-state index is -1.49. The highest BCUT2D eigenvalue weighted by atomic mass is 79.9. The number of hydrogen-bond donors (Lipinski definition) is 3. The zero-order valence-corrected chi connectivity index (χ0v) is 23.8. The van der Waals surface area contributed by atoms with Gasteiger partial charge in [-0.05, 0) is 48.9 Å². The van der Waals surface area contributed by atoms with Gasteiger partial charge in [-0.1, -0.05) is 75.3 Å². The van der Waals surface area contributed by atoms with Crippen molar-refractivity contribution in [2.24, 2.45) is 0 Å². The fraction of sp³-hybridized carbons (Fsp3) is 0.125. The molecule has 0 radical (unpaired) electrons. The third-order valence-corrected chi connectivity index (χ3v) is 8.54. The van der Waals surface area contributed by atoms with Crippen molar-refractivity contribution < 1.29 is 19.5 Å². The molecule has 3 rings (SSSR count). The van der Waals surface area contributed by atoms with Crippen LogP contribution in [0.15, 0.2) is 57.9 Å². The number of thioether (sulfide) groups is 1. The van der Waals surface area contributed by atoms with Gasteiger partial charge >= 0.3 is 5.97 Å². The van der Waals surface area contributed by atoms with Gasteiger partial charge in [-0.15, -0.1) is 11.8 Å². The SMILES string of the molecule is CCC(Sc1cccc(NC(=O)c2c(Cl)c(Cl)c(Cl)c(Cl)c2C(=O)O)c1)C(=O)Nc1ccc(Br)cc1. The Bertz CT molecular complexity index is 1340. The lowest BCUT2D eigenvalue weighted by molar-refractivity contribution is -0.115. The second-order valence-corrected chi connectivity index (χ2v) is 11.0. The lowest BCUT2D eigenvalue weighted by Crippen LogP contribution is -2.24. The first-order chi connectivity index (χ1) is 17.0. The van der Waals surface area contributed by atoms with Crippen LogP contribution in [0.1, 0.15) is 34.1 Å². The number of carbonyl (C=O) groups is 3. The Morgan fingerprint density at radius 1 is 0.889 bits per heavy atom. The third kappa shape index (κ3) is 6.68. The van der Waals surface area contributed by atoms with E-state index in [-0.39, 0.29) is 21.0 Å². The van der Waals surface area contributed by atoms with Gasteiger partial charge in [0.05, 0.1) is 36.5 Å². The van der Waals surface area contributed by atoms with Gasteiger partial charge in [0.2, 0.25) is 5.91 Å². The number of benzene rings is 3. The Balaban J connectivity index is 1.81. The molecule has 188 valence electrons. The second-order valence-electron chi connectivity index (χ2n) is 7.30. The van der Waals surface area contributed by atoms with E-state index in [4.69, 9.17) is 46.4 Å². The number of nitrogens with one attached hydrogen (secondary N) is 2. The molecule has 0 bridgehead atoms. The predicted molar refractivity (Wildman–Crippen MR) is 151 cm³/mol.